The normalized spacial score (nSPS) is 9.95. The fourth-order valence-electron chi connectivity index (χ4n) is 1.84. The van der Waals surface area contributed by atoms with Crippen molar-refractivity contribution in [2.45, 2.75) is 19.8 Å². The van der Waals surface area contributed by atoms with Crippen molar-refractivity contribution in [1.29, 1.82) is 5.26 Å². The van der Waals surface area contributed by atoms with Gasteiger partial charge in [-0.15, -0.1) is 0 Å². The van der Waals surface area contributed by atoms with Crippen LogP contribution < -0.4 is 4.74 Å². The number of aryl methyl sites for hydroxylation is 1. The third-order valence-electron chi connectivity index (χ3n) is 2.78. The first kappa shape index (κ1) is 13.6. The van der Waals surface area contributed by atoms with Crippen LogP contribution in [-0.2, 0) is 6.42 Å². The Morgan fingerprint density at radius 2 is 1.89 bits per heavy atom. The van der Waals surface area contributed by atoms with E-state index in [9.17, 15) is 0 Å². The first-order valence-electron chi connectivity index (χ1n) is 6.20. The maximum Gasteiger partial charge on any atom is 0.146 e. The highest BCUT2D eigenvalue weighted by molar-refractivity contribution is 9.10. The minimum absolute atomic E-state index is 0.514. The molecule has 2 rings (SSSR count). The standard InChI is InChI=1S/C16H14BrNO/c1-2-4-12-7-9-13(10-8-12)19-16-6-3-5-15(17)14(16)11-18/h3,5-10H,2,4H2,1H3. The highest BCUT2D eigenvalue weighted by Crippen LogP contribution is 2.30. The molecule has 0 fully saturated rings. The molecule has 2 nitrogen and oxygen atoms in total. The van der Waals surface area contributed by atoms with Gasteiger partial charge in [0.25, 0.3) is 0 Å². The largest absolute Gasteiger partial charge is 0.456 e. The van der Waals surface area contributed by atoms with Crippen LogP contribution in [0.25, 0.3) is 0 Å². The molecule has 0 aliphatic heterocycles. The number of rotatable bonds is 4. The van der Waals surface area contributed by atoms with E-state index in [1.807, 2.05) is 24.3 Å². The summed E-state index contributed by atoms with van der Waals surface area (Å²) in [6.07, 6.45) is 2.20. The first-order valence-corrected chi connectivity index (χ1v) is 6.99. The lowest BCUT2D eigenvalue weighted by molar-refractivity contribution is 0.480. The van der Waals surface area contributed by atoms with Gasteiger partial charge in [-0.25, -0.2) is 0 Å². The van der Waals surface area contributed by atoms with Gasteiger partial charge in [0.2, 0.25) is 0 Å². The molecule has 19 heavy (non-hydrogen) atoms. The van der Waals surface area contributed by atoms with E-state index in [2.05, 4.69) is 41.1 Å². The van der Waals surface area contributed by atoms with Crippen molar-refractivity contribution in [3.05, 3.63) is 58.1 Å². The van der Waals surface area contributed by atoms with Gasteiger partial charge in [-0.2, -0.15) is 5.26 Å². The predicted molar refractivity (Wildman–Crippen MR) is 79.4 cm³/mol. The van der Waals surface area contributed by atoms with Crippen LogP contribution in [0.2, 0.25) is 0 Å². The summed E-state index contributed by atoms with van der Waals surface area (Å²) in [5.74, 6) is 1.31. The average Bonchev–Trinajstić information content (AvgIpc) is 2.42. The number of ether oxygens (including phenoxy) is 1. The van der Waals surface area contributed by atoms with Crippen LogP contribution in [0.4, 0.5) is 0 Å². The summed E-state index contributed by atoms with van der Waals surface area (Å²) in [7, 11) is 0. The maximum atomic E-state index is 9.13. The third kappa shape index (κ3) is 3.36. The van der Waals surface area contributed by atoms with E-state index in [-0.39, 0.29) is 0 Å². The van der Waals surface area contributed by atoms with E-state index >= 15 is 0 Å². The minimum atomic E-state index is 0.514. The number of halogens is 1. The lowest BCUT2D eigenvalue weighted by Crippen LogP contribution is -1.90. The molecule has 0 aromatic heterocycles. The second kappa shape index (κ2) is 6.40. The monoisotopic (exact) mass is 315 g/mol. The molecule has 0 aliphatic rings. The zero-order valence-electron chi connectivity index (χ0n) is 10.7. The summed E-state index contributed by atoms with van der Waals surface area (Å²) in [5.41, 5.74) is 1.81. The second-order valence-electron chi connectivity index (χ2n) is 4.22. The van der Waals surface area contributed by atoms with Crippen molar-refractivity contribution in [2.24, 2.45) is 0 Å². The van der Waals surface area contributed by atoms with Crippen LogP contribution >= 0.6 is 15.9 Å². The summed E-state index contributed by atoms with van der Waals surface area (Å²) in [6, 6.07) is 15.6. The Hall–Kier alpha value is -1.79. The Morgan fingerprint density at radius 3 is 2.53 bits per heavy atom. The van der Waals surface area contributed by atoms with Crippen LogP contribution in [0, 0.1) is 11.3 Å². The third-order valence-corrected chi connectivity index (χ3v) is 3.44. The topological polar surface area (TPSA) is 33.0 Å². The molecule has 2 aromatic carbocycles. The maximum absolute atomic E-state index is 9.13. The molecule has 0 atom stereocenters. The van der Waals surface area contributed by atoms with Crippen LogP contribution in [0.1, 0.15) is 24.5 Å². The Kier molecular flexibility index (Phi) is 4.59. The average molecular weight is 316 g/mol. The number of benzene rings is 2. The van der Waals surface area contributed by atoms with Crippen molar-refractivity contribution in [3.63, 3.8) is 0 Å². The van der Waals surface area contributed by atoms with E-state index in [1.165, 1.54) is 5.56 Å². The van der Waals surface area contributed by atoms with Crippen LogP contribution in [-0.4, -0.2) is 0 Å². The highest BCUT2D eigenvalue weighted by Gasteiger charge is 2.08. The van der Waals surface area contributed by atoms with Crippen molar-refractivity contribution in [3.8, 4) is 17.6 Å². The highest BCUT2D eigenvalue weighted by atomic mass is 79.9. The van der Waals surface area contributed by atoms with Gasteiger partial charge in [-0.1, -0.05) is 31.5 Å². The lowest BCUT2D eigenvalue weighted by atomic mass is 10.1. The summed E-state index contributed by atoms with van der Waals surface area (Å²) in [6.45, 7) is 2.16. The number of nitriles is 1. The quantitative estimate of drug-likeness (QED) is 0.789. The number of hydrogen-bond donors (Lipinski definition) is 0. The van der Waals surface area contributed by atoms with Crippen LogP contribution in [0.5, 0.6) is 11.5 Å². The molecule has 0 aliphatic carbocycles. The molecule has 0 saturated heterocycles. The molecule has 0 bridgehead atoms. The van der Waals surface area contributed by atoms with E-state index in [0.29, 0.717) is 11.3 Å². The Balaban J connectivity index is 2.22. The van der Waals surface area contributed by atoms with E-state index in [1.54, 1.807) is 6.07 Å². The van der Waals surface area contributed by atoms with Gasteiger partial charge in [0.15, 0.2) is 0 Å². The molecular formula is C16H14BrNO. The van der Waals surface area contributed by atoms with Crippen LogP contribution in [0.15, 0.2) is 46.9 Å². The zero-order chi connectivity index (χ0) is 13.7. The molecule has 0 radical (unpaired) electrons. The number of hydrogen-bond acceptors (Lipinski definition) is 2. The molecule has 96 valence electrons. The Morgan fingerprint density at radius 1 is 1.16 bits per heavy atom. The molecular weight excluding hydrogens is 302 g/mol. The van der Waals surface area contributed by atoms with E-state index in [0.717, 1.165) is 23.1 Å². The number of nitrogens with zero attached hydrogens (tertiary/aromatic N) is 1. The van der Waals surface area contributed by atoms with Gasteiger partial charge in [0, 0.05) is 4.47 Å². The summed E-state index contributed by atoms with van der Waals surface area (Å²) < 4.78 is 6.51. The molecule has 0 amide bonds. The van der Waals surface area contributed by atoms with Crippen LogP contribution in [0.3, 0.4) is 0 Å². The van der Waals surface area contributed by atoms with Crippen molar-refractivity contribution in [2.75, 3.05) is 0 Å². The van der Waals surface area contributed by atoms with Crippen molar-refractivity contribution in [1.82, 2.24) is 0 Å². The molecule has 2 aromatic rings. The molecule has 0 unspecified atom stereocenters. The summed E-state index contributed by atoms with van der Waals surface area (Å²) in [4.78, 5) is 0. The molecule has 0 spiro atoms. The fourth-order valence-corrected chi connectivity index (χ4v) is 2.27. The lowest BCUT2D eigenvalue weighted by Gasteiger charge is -2.09. The first-order chi connectivity index (χ1) is 9.24. The molecule has 0 heterocycles. The van der Waals surface area contributed by atoms with Gasteiger partial charge in [0.05, 0.1) is 0 Å². The van der Waals surface area contributed by atoms with Crippen molar-refractivity contribution < 1.29 is 4.74 Å². The molecule has 0 saturated carbocycles. The molecule has 0 N–H and O–H groups in total. The SMILES string of the molecule is CCCc1ccc(Oc2cccc(Br)c2C#N)cc1. The summed E-state index contributed by atoms with van der Waals surface area (Å²) in [5, 5.41) is 9.13. The minimum Gasteiger partial charge on any atom is -0.456 e. The zero-order valence-corrected chi connectivity index (χ0v) is 12.3. The van der Waals surface area contributed by atoms with Gasteiger partial charge >= 0.3 is 0 Å². The Labute approximate surface area is 121 Å². The van der Waals surface area contributed by atoms with Crippen molar-refractivity contribution >= 4 is 15.9 Å². The fraction of sp³-hybridized carbons (Fsp3) is 0.188. The van der Waals surface area contributed by atoms with E-state index in [4.69, 9.17) is 10.00 Å². The predicted octanol–water partition coefficient (Wildman–Crippen LogP) is 5.07. The van der Waals surface area contributed by atoms with Gasteiger partial charge in [-0.3, -0.25) is 0 Å². The van der Waals surface area contributed by atoms with Gasteiger partial charge in [-0.05, 0) is 52.2 Å². The smallest absolute Gasteiger partial charge is 0.146 e. The van der Waals surface area contributed by atoms with Gasteiger partial charge in [0.1, 0.15) is 23.1 Å². The van der Waals surface area contributed by atoms with E-state index < -0.39 is 0 Å². The second-order valence-corrected chi connectivity index (χ2v) is 5.08. The molecule has 3 heteroatoms. The summed E-state index contributed by atoms with van der Waals surface area (Å²) >= 11 is 3.35. The Bertz CT molecular complexity index is 599. The van der Waals surface area contributed by atoms with Gasteiger partial charge < -0.3 is 4.74 Å².